The summed E-state index contributed by atoms with van der Waals surface area (Å²) in [5.41, 5.74) is 2.44. The van der Waals surface area contributed by atoms with Gasteiger partial charge in [-0.15, -0.1) is 0 Å². The van der Waals surface area contributed by atoms with Gasteiger partial charge in [0.2, 0.25) is 5.78 Å². The number of ketones is 1. The molecule has 3 rings (SSSR count). The van der Waals surface area contributed by atoms with Gasteiger partial charge >= 0.3 is 5.97 Å². The summed E-state index contributed by atoms with van der Waals surface area (Å²) in [4.78, 5) is 24.8. The Bertz CT molecular complexity index is 958. The van der Waals surface area contributed by atoms with Crippen LogP contribution in [-0.2, 0) is 11.3 Å². The Labute approximate surface area is 163 Å². The molecule has 3 aromatic rings. The van der Waals surface area contributed by atoms with Gasteiger partial charge in [-0.3, -0.25) is 4.79 Å². The SMILES string of the molecule is Cc1noc(C)c1COc1cccc(C(=O)O[C@@H](C)C(=O)c2ccccc2)c1. The van der Waals surface area contributed by atoms with Gasteiger partial charge in [0.1, 0.15) is 18.1 Å². The number of benzene rings is 2. The quantitative estimate of drug-likeness (QED) is 0.450. The molecule has 0 radical (unpaired) electrons. The van der Waals surface area contributed by atoms with E-state index in [0.29, 0.717) is 22.6 Å². The van der Waals surface area contributed by atoms with Crippen molar-refractivity contribution in [2.24, 2.45) is 0 Å². The van der Waals surface area contributed by atoms with E-state index in [-0.39, 0.29) is 12.4 Å². The predicted octanol–water partition coefficient (Wildman–Crippen LogP) is 4.30. The number of Topliss-reactive ketones (excluding diaryl/α,β-unsaturated/α-hetero) is 1. The van der Waals surface area contributed by atoms with Gasteiger partial charge < -0.3 is 14.0 Å². The van der Waals surface area contributed by atoms with E-state index < -0.39 is 12.1 Å². The summed E-state index contributed by atoms with van der Waals surface area (Å²) in [5, 5.41) is 3.89. The number of aryl methyl sites for hydroxylation is 2. The lowest BCUT2D eigenvalue weighted by Gasteiger charge is -2.13. The number of hydrogen-bond donors (Lipinski definition) is 0. The summed E-state index contributed by atoms with van der Waals surface area (Å²) < 4.78 is 16.2. The third kappa shape index (κ3) is 4.46. The molecule has 1 atom stereocenters. The van der Waals surface area contributed by atoms with Crippen molar-refractivity contribution in [3.63, 3.8) is 0 Å². The first-order valence-electron chi connectivity index (χ1n) is 8.90. The van der Waals surface area contributed by atoms with Gasteiger partial charge in [0, 0.05) is 5.56 Å². The van der Waals surface area contributed by atoms with E-state index in [0.717, 1.165) is 11.3 Å². The number of carbonyl (C=O) groups excluding carboxylic acids is 2. The van der Waals surface area contributed by atoms with Crippen LogP contribution in [-0.4, -0.2) is 23.0 Å². The molecule has 0 aliphatic heterocycles. The van der Waals surface area contributed by atoms with Gasteiger partial charge in [0.15, 0.2) is 6.10 Å². The van der Waals surface area contributed by atoms with Crippen molar-refractivity contribution in [2.75, 3.05) is 0 Å². The summed E-state index contributed by atoms with van der Waals surface area (Å²) >= 11 is 0. The molecule has 1 heterocycles. The van der Waals surface area contributed by atoms with Gasteiger partial charge in [-0.2, -0.15) is 0 Å². The molecule has 144 valence electrons. The van der Waals surface area contributed by atoms with E-state index in [9.17, 15) is 9.59 Å². The Balaban J connectivity index is 1.64. The van der Waals surface area contributed by atoms with Crippen LogP contribution < -0.4 is 4.74 Å². The minimum Gasteiger partial charge on any atom is -0.489 e. The summed E-state index contributed by atoms with van der Waals surface area (Å²) in [7, 11) is 0. The molecule has 0 fully saturated rings. The van der Waals surface area contributed by atoms with Crippen LogP contribution in [0.15, 0.2) is 59.1 Å². The Morgan fingerprint density at radius 2 is 1.75 bits per heavy atom. The van der Waals surface area contributed by atoms with E-state index in [1.807, 2.05) is 19.9 Å². The zero-order chi connectivity index (χ0) is 20.1. The highest BCUT2D eigenvalue weighted by atomic mass is 16.5. The number of carbonyl (C=O) groups is 2. The van der Waals surface area contributed by atoms with E-state index in [2.05, 4.69) is 5.16 Å². The summed E-state index contributed by atoms with van der Waals surface area (Å²) in [5.74, 6) is 0.372. The maximum atomic E-state index is 12.4. The van der Waals surface area contributed by atoms with Crippen molar-refractivity contribution in [1.29, 1.82) is 0 Å². The standard InChI is InChI=1S/C22H21NO5/c1-14-20(15(2)28-23-14)13-26-19-11-7-10-18(12-19)22(25)27-16(3)21(24)17-8-5-4-6-9-17/h4-12,16H,13H2,1-3H3/t16-/m0/s1. The molecule has 2 aromatic carbocycles. The van der Waals surface area contributed by atoms with E-state index >= 15 is 0 Å². The molecule has 0 aliphatic carbocycles. The van der Waals surface area contributed by atoms with Crippen LogP contribution >= 0.6 is 0 Å². The topological polar surface area (TPSA) is 78.6 Å². The van der Waals surface area contributed by atoms with Gasteiger partial charge in [-0.1, -0.05) is 41.6 Å². The number of ether oxygens (including phenoxy) is 2. The van der Waals surface area contributed by atoms with Crippen LogP contribution in [0.2, 0.25) is 0 Å². The van der Waals surface area contributed by atoms with Crippen LogP contribution in [0.4, 0.5) is 0 Å². The zero-order valence-corrected chi connectivity index (χ0v) is 16.0. The molecule has 28 heavy (non-hydrogen) atoms. The van der Waals surface area contributed by atoms with Crippen LogP contribution in [0.25, 0.3) is 0 Å². The van der Waals surface area contributed by atoms with Crippen LogP contribution in [0.3, 0.4) is 0 Å². The van der Waals surface area contributed by atoms with Crippen molar-refractivity contribution in [3.8, 4) is 5.75 Å². The molecule has 0 saturated carbocycles. The second-order valence-electron chi connectivity index (χ2n) is 6.40. The Kier molecular flexibility index (Phi) is 5.89. The molecular formula is C22H21NO5. The maximum Gasteiger partial charge on any atom is 0.338 e. The average molecular weight is 379 g/mol. The summed E-state index contributed by atoms with van der Waals surface area (Å²) in [6.07, 6.45) is -0.887. The monoisotopic (exact) mass is 379 g/mol. The van der Waals surface area contributed by atoms with Gasteiger partial charge in [0.25, 0.3) is 0 Å². The summed E-state index contributed by atoms with van der Waals surface area (Å²) in [6, 6.07) is 15.4. The van der Waals surface area contributed by atoms with E-state index in [1.165, 1.54) is 0 Å². The lowest BCUT2D eigenvalue weighted by atomic mass is 10.1. The maximum absolute atomic E-state index is 12.4. The minimum atomic E-state index is -0.887. The molecular weight excluding hydrogens is 358 g/mol. The zero-order valence-electron chi connectivity index (χ0n) is 16.0. The van der Waals surface area contributed by atoms with Crippen LogP contribution in [0.1, 0.15) is 44.7 Å². The second kappa shape index (κ2) is 8.52. The van der Waals surface area contributed by atoms with Crippen molar-refractivity contribution in [2.45, 2.75) is 33.5 Å². The Morgan fingerprint density at radius 1 is 1.04 bits per heavy atom. The highest BCUT2D eigenvalue weighted by molar-refractivity contribution is 6.01. The fraction of sp³-hybridized carbons (Fsp3) is 0.227. The Hall–Kier alpha value is -3.41. The third-order valence-electron chi connectivity index (χ3n) is 4.35. The van der Waals surface area contributed by atoms with Crippen molar-refractivity contribution in [1.82, 2.24) is 5.16 Å². The smallest absolute Gasteiger partial charge is 0.338 e. The van der Waals surface area contributed by atoms with Crippen LogP contribution in [0, 0.1) is 13.8 Å². The number of rotatable bonds is 7. The van der Waals surface area contributed by atoms with Gasteiger partial charge in [-0.25, -0.2) is 4.79 Å². The third-order valence-corrected chi connectivity index (χ3v) is 4.35. The number of aromatic nitrogens is 1. The van der Waals surface area contributed by atoms with Crippen molar-refractivity contribution in [3.05, 3.63) is 82.7 Å². The first-order chi connectivity index (χ1) is 13.5. The first-order valence-corrected chi connectivity index (χ1v) is 8.90. The molecule has 0 unspecified atom stereocenters. The number of hydrogen-bond acceptors (Lipinski definition) is 6. The fourth-order valence-electron chi connectivity index (χ4n) is 2.70. The molecule has 0 spiro atoms. The number of nitrogens with zero attached hydrogens (tertiary/aromatic N) is 1. The predicted molar refractivity (Wildman–Crippen MR) is 102 cm³/mol. The second-order valence-corrected chi connectivity index (χ2v) is 6.40. The van der Waals surface area contributed by atoms with Crippen LogP contribution in [0.5, 0.6) is 5.75 Å². The molecule has 0 N–H and O–H groups in total. The highest BCUT2D eigenvalue weighted by Gasteiger charge is 2.20. The molecule has 0 saturated heterocycles. The lowest BCUT2D eigenvalue weighted by Crippen LogP contribution is -2.24. The fourth-order valence-corrected chi connectivity index (χ4v) is 2.70. The molecule has 1 aromatic heterocycles. The molecule has 0 bridgehead atoms. The first kappa shape index (κ1) is 19.4. The average Bonchev–Trinajstić information content (AvgIpc) is 3.04. The lowest BCUT2D eigenvalue weighted by molar-refractivity contribution is 0.0318. The number of esters is 1. The normalized spacial score (nSPS) is 11.7. The van der Waals surface area contributed by atoms with E-state index in [4.69, 9.17) is 14.0 Å². The largest absolute Gasteiger partial charge is 0.489 e. The Morgan fingerprint density at radius 3 is 2.43 bits per heavy atom. The molecule has 0 amide bonds. The van der Waals surface area contributed by atoms with Gasteiger partial charge in [-0.05, 0) is 39.0 Å². The van der Waals surface area contributed by atoms with Crippen molar-refractivity contribution < 1.29 is 23.6 Å². The molecule has 6 heteroatoms. The minimum absolute atomic E-state index is 0.250. The van der Waals surface area contributed by atoms with Gasteiger partial charge in [0.05, 0.1) is 16.8 Å². The molecule has 0 aliphatic rings. The molecule has 6 nitrogen and oxygen atoms in total. The highest BCUT2D eigenvalue weighted by Crippen LogP contribution is 2.19. The summed E-state index contributed by atoms with van der Waals surface area (Å²) in [6.45, 7) is 5.50. The van der Waals surface area contributed by atoms with Crippen molar-refractivity contribution >= 4 is 11.8 Å². The van der Waals surface area contributed by atoms with E-state index in [1.54, 1.807) is 55.5 Å².